The van der Waals surface area contributed by atoms with E-state index in [0.717, 1.165) is 10.0 Å². The second-order valence-corrected chi connectivity index (χ2v) is 7.16. The third-order valence-corrected chi connectivity index (χ3v) is 4.81. The van der Waals surface area contributed by atoms with E-state index in [4.69, 9.17) is 17.0 Å². The summed E-state index contributed by atoms with van der Waals surface area (Å²) in [5.41, 5.74) is 2.13. The van der Waals surface area contributed by atoms with E-state index in [2.05, 4.69) is 21.2 Å². The number of thiocarbonyl (C=S) groups is 1. The summed E-state index contributed by atoms with van der Waals surface area (Å²) in [6, 6.07) is 12.8. The quantitative estimate of drug-likeness (QED) is 0.440. The maximum Gasteiger partial charge on any atom is 0.270 e. The van der Waals surface area contributed by atoms with Gasteiger partial charge in [0.05, 0.1) is 12.3 Å². The maximum absolute atomic E-state index is 13.1. The third-order valence-electron chi connectivity index (χ3n) is 4.03. The third kappa shape index (κ3) is 3.94. The highest BCUT2D eigenvalue weighted by Gasteiger charge is 2.35. The molecule has 1 fully saturated rings. The number of nitrogens with one attached hydrogen (secondary N) is 1. The molecule has 7 heteroatoms. The Kier molecular flexibility index (Phi) is 5.72. The Balaban J connectivity index is 2.08. The summed E-state index contributed by atoms with van der Waals surface area (Å²) < 4.78 is 6.42. The molecule has 2 amide bonds. The van der Waals surface area contributed by atoms with Gasteiger partial charge in [0.25, 0.3) is 11.8 Å². The lowest BCUT2D eigenvalue weighted by Crippen LogP contribution is -2.54. The highest BCUT2D eigenvalue weighted by molar-refractivity contribution is 9.10. The maximum atomic E-state index is 13.1. The van der Waals surface area contributed by atoms with Gasteiger partial charge in [-0.15, -0.1) is 0 Å². The van der Waals surface area contributed by atoms with Crippen molar-refractivity contribution in [1.29, 1.82) is 0 Å². The molecule has 138 valence electrons. The molecule has 0 aromatic heterocycles. The van der Waals surface area contributed by atoms with Crippen molar-refractivity contribution < 1.29 is 14.3 Å². The van der Waals surface area contributed by atoms with E-state index in [1.807, 2.05) is 38.1 Å². The van der Waals surface area contributed by atoms with Crippen LogP contribution in [0.3, 0.4) is 0 Å². The molecule has 3 rings (SSSR count). The second kappa shape index (κ2) is 8.02. The molecule has 1 heterocycles. The van der Waals surface area contributed by atoms with Gasteiger partial charge in [0.1, 0.15) is 11.3 Å². The summed E-state index contributed by atoms with van der Waals surface area (Å²) in [6.45, 7) is 4.22. The zero-order chi connectivity index (χ0) is 19.6. The number of carbonyl (C=O) groups excluding carboxylic acids is 2. The van der Waals surface area contributed by atoms with Crippen LogP contribution < -0.4 is 15.0 Å². The average molecular weight is 445 g/mol. The van der Waals surface area contributed by atoms with Crippen LogP contribution in [0.4, 0.5) is 5.69 Å². The van der Waals surface area contributed by atoms with Gasteiger partial charge in [0.2, 0.25) is 0 Å². The van der Waals surface area contributed by atoms with Gasteiger partial charge in [0, 0.05) is 10.0 Å². The largest absolute Gasteiger partial charge is 0.493 e. The predicted molar refractivity (Wildman–Crippen MR) is 113 cm³/mol. The van der Waals surface area contributed by atoms with E-state index in [1.165, 1.54) is 11.0 Å². The van der Waals surface area contributed by atoms with Gasteiger partial charge in [-0.05, 0) is 62.0 Å². The van der Waals surface area contributed by atoms with Gasteiger partial charge in [-0.2, -0.15) is 0 Å². The molecule has 1 aliphatic rings. The van der Waals surface area contributed by atoms with Crippen LogP contribution in [0.2, 0.25) is 0 Å². The topological polar surface area (TPSA) is 58.6 Å². The van der Waals surface area contributed by atoms with Gasteiger partial charge in [-0.3, -0.25) is 19.8 Å². The monoisotopic (exact) mass is 444 g/mol. The minimum absolute atomic E-state index is 0.00842. The molecule has 0 unspecified atom stereocenters. The fourth-order valence-corrected chi connectivity index (χ4v) is 3.42. The van der Waals surface area contributed by atoms with Gasteiger partial charge >= 0.3 is 0 Å². The van der Waals surface area contributed by atoms with Crippen LogP contribution >= 0.6 is 28.1 Å². The Morgan fingerprint density at radius 2 is 1.96 bits per heavy atom. The van der Waals surface area contributed by atoms with Crippen molar-refractivity contribution in [1.82, 2.24) is 5.32 Å². The Labute approximate surface area is 171 Å². The molecule has 0 spiro atoms. The lowest BCUT2D eigenvalue weighted by Gasteiger charge is -2.30. The van der Waals surface area contributed by atoms with Crippen molar-refractivity contribution in [2.24, 2.45) is 0 Å². The second-order valence-electron chi connectivity index (χ2n) is 5.86. The zero-order valence-electron chi connectivity index (χ0n) is 14.8. The van der Waals surface area contributed by atoms with Crippen molar-refractivity contribution >= 4 is 56.8 Å². The van der Waals surface area contributed by atoms with E-state index in [-0.39, 0.29) is 10.7 Å². The first kappa shape index (κ1) is 19.3. The molecule has 0 saturated carbocycles. The summed E-state index contributed by atoms with van der Waals surface area (Å²) in [5.74, 6) is -0.415. The summed E-state index contributed by atoms with van der Waals surface area (Å²) in [6.07, 6.45) is 1.53. The molecule has 0 bridgehead atoms. The summed E-state index contributed by atoms with van der Waals surface area (Å²) in [4.78, 5) is 26.9. The molecule has 2 aromatic rings. The molecule has 27 heavy (non-hydrogen) atoms. The SMILES string of the molecule is CCOc1ccc(Br)cc1/C=C1\C(=O)NC(=S)N(c2ccccc2C)C1=O. The van der Waals surface area contributed by atoms with E-state index >= 15 is 0 Å². The van der Waals surface area contributed by atoms with Crippen LogP contribution in [-0.2, 0) is 9.59 Å². The normalized spacial score (nSPS) is 15.9. The fraction of sp³-hybridized carbons (Fsp3) is 0.150. The first-order valence-electron chi connectivity index (χ1n) is 8.31. The molecular formula is C20H17BrN2O3S. The molecule has 1 N–H and O–H groups in total. The van der Waals surface area contributed by atoms with Crippen molar-refractivity contribution in [3.8, 4) is 5.75 Å². The Morgan fingerprint density at radius 1 is 1.22 bits per heavy atom. The van der Waals surface area contributed by atoms with Gasteiger partial charge in [-0.1, -0.05) is 34.1 Å². The number of carbonyl (C=O) groups is 2. The first-order valence-corrected chi connectivity index (χ1v) is 9.52. The first-order chi connectivity index (χ1) is 12.9. The minimum atomic E-state index is -0.530. The summed E-state index contributed by atoms with van der Waals surface area (Å²) in [5, 5.41) is 2.66. The molecule has 1 saturated heterocycles. The Bertz CT molecular complexity index is 971. The number of hydrogen-bond donors (Lipinski definition) is 1. The molecule has 5 nitrogen and oxygen atoms in total. The van der Waals surface area contributed by atoms with Crippen LogP contribution in [0.25, 0.3) is 6.08 Å². The van der Waals surface area contributed by atoms with Gasteiger partial charge < -0.3 is 4.74 Å². The van der Waals surface area contributed by atoms with Crippen molar-refractivity contribution in [2.45, 2.75) is 13.8 Å². The highest BCUT2D eigenvalue weighted by atomic mass is 79.9. The number of anilines is 1. The van der Waals surface area contributed by atoms with Crippen molar-refractivity contribution in [3.63, 3.8) is 0 Å². The number of hydrogen-bond acceptors (Lipinski definition) is 4. The average Bonchev–Trinajstić information content (AvgIpc) is 2.62. The number of nitrogens with zero attached hydrogens (tertiary/aromatic N) is 1. The Hall–Kier alpha value is -2.51. The number of ether oxygens (including phenoxy) is 1. The molecule has 1 aliphatic heterocycles. The number of rotatable bonds is 4. The van der Waals surface area contributed by atoms with E-state index < -0.39 is 11.8 Å². The van der Waals surface area contributed by atoms with E-state index in [9.17, 15) is 9.59 Å². The molecule has 0 radical (unpaired) electrons. The molecule has 2 aromatic carbocycles. The molecular weight excluding hydrogens is 428 g/mol. The van der Waals surface area contributed by atoms with Crippen LogP contribution in [-0.4, -0.2) is 23.5 Å². The number of aryl methyl sites for hydroxylation is 1. The van der Waals surface area contributed by atoms with Gasteiger partial charge in [0.15, 0.2) is 5.11 Å². The van der Waals surface area contributed by atoms with Crippen LogP contribution in [0, 0.1) is 6.92 Å². The fourth-order valence-electron chi connectivity index (χ4n) is 2.77. The van der Waals surface area contributed by atoms with Crippen LogP contribution in [0.15, 0.2) is 52.5 Å². The smallest absolute Gasteiger partial charge is 0.270 e. The predicted octanol–water partition coefficient (Wildman–Crippen LogP) is 3.99. The summed E-state index contributed by atoms with van der Waals surface area (Å²) in [7, 11) is 0. The lowest BCUT2D eigenvalue weighted by molar-refractivity contribution is -0.122. The van der Waals surface area contributed by atoms with Crippen molar-refractivity contribution in [2.75, 3.05) is 11.5 Å². The lowest BCUT2D eigenvalue weighted by atomic mass is 10.1. The minimum Gasteiger partial charge on any atom is -0.493 e. The number of amides is 2. The standard InChI is InChI=1S/C20H17BrN2O3S/c1-3-26-17-9-8-14(21)10-13(17)11-15-18(24)22-20(27)23(19(15)25)16-7-5-4-6-12(16)2/h4-11H,3H2,1-2H3,(H,22,24,27)/b15-11+. The zero-order valence-corrected chi connectivity index (χ0v) is 17.2. The number of para-hydroxylation sites is 1. The molecule has 0 atom stereocenters. The Morgan fingerprint density at radius 3 is 2.67 bits per heavy atom. The number of halogens is 1. The highest BCUT2D eigenvalue weighted by Crippen LogP contribution is 2.29. The van der Waals surface area contributed by atoms with Crippen LogP contribution in [0.1, 0.15) is 18.1 Å². The summed E-state index contributed by atoms with van der Waals surface area (Å²) >= 11 is 8.65. The van der Waals surface area contributed by atoms with E-state index in [0.29, 0.717) is 23.6 Å². The number of benzene rings is 2. The molecule has 0 aliphatic carbocycles. The van der Waals surface area contributed by atoms with Crippen molar-refractivity contribution in [3.05, 3.63) is 63.6 Å². The van der Waals surface area contributed by atoms with Gasteiger partial charge in [-0.25, -0.2) is 0 Å². The van der Waals surface area contributed by atoms with Crippen LogP contribution in [0.5, 0.6) is 5.75 Å². The van der Waals surface area contributed by atoms with E-state index in [1.54, 1.807) is 18.2 Å².